The summed E-state index contributed by atoms with van der Waals surface area (Å²) in [4.78, 5) is 10.4. The second kappa shape index (κ2) is 6.36. The number of hydrogen-bond acceptors (Lipinski definition) is 1. The Balaban J connectivity index is 0.000000791. The van der Waals surface area contributed by atoms with E-state index in [0.29, 0.717) is 6.42 Å². The molecule has 1 nitrogen and oxygen atoms in total. The zero-order valence-corrected chi connectivity index (χ0v) is 9.85. The molecule has 0 spiro atoms. The molecular formula is C13H20O. The van der Waals surface area contributed by atoms with Crippen molar-refractivity contribution in [2.24, 2.45) is 0 Å². The summed E-state index contributed by atoms with van der Waals surface area (Å²) in [5.74, 6) is 0. The van der Waals surface area contributed by atoms with Crippen LogP contribution in [0.15, 0.2) is 12.1 Å². The maximum atomic E-state index is 10.4. The summed E-state index contributed by atoms with van der Waals surface area (Å²) >= 11 is 0. The maximum absolute atomic E-state index is 10.4. The first-order valence-corrected chi connectivity index (χ1v) is 5.15. The van der Waals surface area contributed by atoms with Crippen LogP contribution in [0.5, 0.6) is 0 Å². The van der Waals surface area contributed by atoms with E-state index in [1.54, 1.807) is 0 Å². The highest BCUT2D eigenvalue weighted by atomic mass is 16.1. The molecule has 0 saturated carbocycles. The fraction of sp³-hybridized carbons (Fsp3) is 0.462. The maximum Gasteiger partial charge on any atom is 0.124 e. The van der Waals surface area contributed by atoms with Gasteiger partial charge >= 0.3 is 0 Å². The fourth-order valence-electron chi connectivity index (χ4n) is 1.62. The van der Waals surface area contributed by atoms with E-state index in [9.17, 15) is 4.79 Å². The summed E-state index contributed by atoms with van der Waals surface area (Å²) in [5, 5.41) is 0. The first kappa shape index (κ1) is 12.9. The third kappa shape index (κ3) is 3.33. The third-order valence-electron chi connectivity index (χ3n) is 2.13. The van der Waals surface area contributed by atoms with Gasteiger partial charge in [-0.3, -0.25) is 0 Å². The molecule has 14 heavy (non-hydrogen) atoms. The van der Waals surface area contributed by atoms with E-state index in [1.807, 2.05) is 13.8 Å². The summed E-state index contributed by atoms with van der Waals surface area (Å²) < 4.78 is 0. The van der Waals surface area contributed by atoms with Gasteiger partial charge in [-0.1, -0.05) is 31.5 Å². The van der Waals surface area contributed by atoms with Crippen molar-refractivity contribution in [3.05, 3.63) is 34.4 Å². The molecule has 1 rings (SSSR count). The summed E-state index contributed by atoms with van der Waals surface area (Å²) in [6.45, 7) is 10.2. The number of aldehydes is 1. The zero-order valence-electron chi connectivity index (χ0n) is 9.85. The average molecular weight is 192 g/mol. The van der Waals surface area contributed by atoms with Crippen molar-refractivity contribution in [3.8, 4) is 0 Å². The van der Waals surface area contributed by atoms with Crippen LogP contribution in [-0.2, 0) is 11.2 Å². The first-order valence-electron chi connectivity index (χ1n) is 5.15. The smallest absolute Gasteiger partial charge is 0.124 e. The van der Waals surface area contributed by atoms with Gasteiger partial charge in [0, 0.05) is 6.42 Å². The molecule has 0 saturated heterocycles. The van der Waals surface area contributed by atoms with Crippen LogP contribution >= 0.6 is 0 Å². The van der Waals surface area contributed by atoms with Gasteiger partial charge in [-0.25, -0.2) is 0 Å². The minimum atomic E-state index is 0.540. The SMILES string of the molecule is CC.Cc1cc(C)c(CC=O)c(C)c1. The van der Waals surface area contributed by atoms with Crippen LogP contribution in [0.1, 0.15) is 36.1 Å². The molecule has 0 heterocycles. The molecule has 0 bridgehead atoms. The van der Waals surface area contributed by atoms with E-state index < -0.39 is 0 Å². The van der Waals surface area contributed by atoms with Crippen molar-refractivity contribution in [2.45, 2.75) is 41.0 Å². The van der Waals surface area contributed by atoms with Crippen LogP contribution in [0.3, 0.4) is 0 Å². The Morgan fingerprint density at radius 3 is 1.86 bits per heavy atom. The largest absolute Gasteiger partial charge is 0.303 e. The Morgan fingerprint density at radius 1 is 1.07 bits per heavy atom. The van der Waals surface area contributed by atoms with Gasteiger partial charge in [0.05, 0.1) is 0 Å². The minimum absolute atomic E-state index is 0.540. The van der Waals surface area contributed by atoms with Crippen LogP contribution in [0.2, 0.25) is 0 Å². The van der Waals surface area contributed by atoms with Crippen LogP contribution in [-0.4, -0.2) is 6.29 Å². The Morgan fingerprint density at radius 2 is 1.50 bits per heavy atom. The van der Waals surface area contributed by atoms with Crippen LogP contribution in [0.25, 0.3) is 0 Å². The van der Waals surface area contributed by atoms with Gasteiger partial charge in [0.1, 0.15) is 6.29 Å². The molecular weight excluding hydrogens is 172 g/mol. The molecule has 0 unspecified atom stereocenters. The molecule has 0 amide bonds. The summed E-state index contributed by atoms with van der Waals surface area (Å²) in [6, 6.07) is 4.23. The number of carbonyl (C=O) groups is 1. The lowest BCUT2D eigenvalue weighted by Crippen LogP contribution is -1.95. The predicted molar refractivity (Wildman–Crippen MR) is 61.8 cm³/mol. The predicted octanol–water partition coefficient (Wildman–Crippen LogP) is 3.38. The van der Waals surface area contributed by atoms with Crippen molar-refractivity contribution in [2.75, 3.05) is 0 Å². The van der Waals surface area contributed by atoms with Crippen LogP contribution in [0, 0.1) is 20.8 Å². The lowest BCUT2D eigenvalue weighted by Gasteiger charge is -2.07. The second-order valence-electron chi connectivity index (χ2n) is 3.25. The van der Waals surface area contributed by atoms with E-state index in [2.05, 4.69) is 32.9 Å². The molecule has 1 aromatic carbocycles. The first-order chi connectivity index (χ1) is 6.65. The van der Waals surface area contributed by atoms with E-state index in [1.165, 1.54) is 22.3 Å². The Bertz CT molecular complexity index is 277. The standard InChI is InChI=1S/C11H14O.C2H6/c1-8-6-9(2)11(4-5-12)10(3)7-8;1-2/h5-7H,4H2,1-3H3;1-2H3. The Labute approximate surface area is 87.2 Å². The van der Waals surface area contributed by atoms with Crippen LogP contribution < -0.4 is 0 Å². The Kier molecular flexibility index (Phi) is 5.86. The number of aryl methyl sites for hydroxylation is 3. The van der Waals surface area contributed by atoms with Crippen molar-refractivity contribution in [1.82, 2.24) is 0 Å². The summed E-state index contributed by atoms with van der Waals surface area (Å²) in [6.07, 6.45) is 1.50. The van der Waals surface area contributed by atoms with Gasteiger partial charge in [0.25, 0.3) is 0 Å². The number of hydrogen-bond donors (Lipinski definition) is 0. The zero-order chi connectivity index (χ0) is 11.1. The molecule has 0 aliphatic heterocycles. The molecule has 0 aliphatic rings. The summed E-state index contributed by atoms with van der Waals surface area (Å²) in [5.41, 5.74) is 4.88. The molecule has 0 atom stereocenters. The Hall–Kier alpha value is -1.11. The molecule has 1 aromatic rings. The van der Waals surface area contributed by atoms with Gasteiger partial charge in [-0.2, -0.15) is 0 Å². The second-order valence-corrected chi connectivity index (χ2v) is 3.25. The lowest BCUT2D eigenvalue weighted by molar-refractivity contribution is -0.107. The van der Waals surface area contributed by atoms with Crippen LogP contribution in [0.4, 0.5) is 0 Å². The number of benzene rings is 1. The molecule has 1 heteroatoms. The lowest BCUT2D eigenvalue weighted by atomic mass is 9.98. The van der Waals surface area contributed by atoms with Gasteiger partial charge in [-0.15, -0.1) is 0 Å². The van der Waals surface area contributed by atoms with Gasteiger partial charge in [-0.05, 0) is 37.5 Å². The van der Waals surface area contributed by atoms with E-state index >= 15 is 0 Å². The topological polar surface area (TPSA) is 17.1 Å². The van der Waals surface area contributed by atoms with E-state index in [-0.39, 0.29) is 0 Å². The highest BCUT2D eigenvalue weighted by Gasteiger charge is 2.01. The van der Waals surface area contributed by atoms with Gasteiger partial charge in [0.2, 0.25) is 0 Å². The van der Waals surface area contributed by atoms with Crippen molar-refractivity contribution < 1.29 is 4.79 Å². The molecule has 0 fully saturated rings. The molecule has 0 N–H and O–H groups in total. The molecule has 78 valence electrons. The van der Waals surface area contributed by atoms with E-state index in [0.717, 1.165) is 6.29 Å². The molecule has 0 aliphatic carbocycles. The third-order valence-corrected chi connectivity index (χ3v) is 2.13. The van der Waals surface area contributed by atoms with E-state index in [4.69, 9.17) is 0 Å². The van der Waals surface area contributed by atoms with Crippen molar-refractivity contribution in [3.63, 3.8) is 0 Å². The van der Waals surface area contributed by atoms with Gasteiger partial charge < -0.3 is 4.79 Å². The monoisotopic (exact) mass is 192 g/mol. The fourth-order valence-corrected chi connectivity index (χ4v) is 1.62. The van der Waals surface area contributed by atoms with Gasteiger partial charge in [0.15, 0.2) is 0 Å². The quantitative estimate of drug-likeness (QED) is 0.656. The molecule has 0 aromatic heterocycles. The van der Waals surface area contributed by atoms with Crippen molar-refractivity contribution >= 4 is 6.29 Å². The minimum Gasteiger partial charge on any atom is -0.303 e. The summed E-state index contributed by atoms with van der Waals surface area (Å²) in [7, 11) is 0. The molecule has 0 radical (unpaired) electrons. The average Bonchev–Trinajstić information content (AvgIpc) is 2.14. The highest BCUT2D eigenvalue weighted by molar-refractivity contribution is 5.58. The normalized spacial score (nSPS) is 8.93. The number of carbonyl (C=O) groups excluding carboxylic acids is 1. The highest BCUT2D eigenvalue weighted by Crippen LogP contribution is 2.15. The number of rotatable bonds is 2. The van der Waals surface area contributed by atoms with Crippen molar-refractivity contribution in [1.29, 1.82) is 0 Å².